The fourth-order valence-electron chi connectivity index (χ4n) is 1.65. The Bertz CT molecular complexity index is 207. The maximum absolute atomic E-state index is 11.1. The first-order valence-corrected chi connectivity index (χ1v) is 3.72. The number of rotatable bonds is 1. The van der Waals surface area contributed by atoms with Crippen LogP contribution in [0.25, 0.3) is 0 Å². The molecule has 1 fully saturated rings. The van der Waals surface area contributed by atoms with E-state index in [1.165, 1.54) is 0 Å². The summed E-state index contributed by atoms with van der Waals surface area (Å²) in [7, 11) is 0. The van der Waals surface area contributed by atoms with Gasteiger partial charge >= 0.3 is 0 Å². The van der Waals surface area contributed by atoms with Crippen molar-refractivity contribution in [1.82, 2.24) is 4.90 Å². The van der Waals surface area contributed by atoms with Gasteiger partial charge < -0.3 is 4.90 Å². The monoisotopic (exact) mass is 137 g/mol. The number of β-lactam (4-membered cyclic amide) rings is 1. The molecule has 0 spiro atoms. The number of likely N-dealkylation sites (tertiary alicyclic amines) is 1. The highest BCUT2D eigenvalue weighted by atomic mass is 16.2. The van der Waals surface area contributed by atoms with Gasteiger partial charge in [-0.1, -0.05) is 12.2 Å². The van der Waals surface area contributed by atoms with Crippen LogP contribution in [-0.4, -0.2) is 22.9 Å². The van der Waals surface area contributed by atoms with Crippen LogP contribution in [0.4, 0.5) is 0 Å². The Labute approximate surface area is 60.5 Å². The van der Waals surface area contributed by atoms with Gasteiger partial charge in [-0.15, -0.1) is 0 Å². The molecular weight excluding hydrogens is 126 g/mol. The van der Waals surface area contributed by atoms with Crippen LogP contribution in [-0.2, 0) is 4.79 Å². The van der Waals surface area contributed by atoms with Gasteiger partial charge in [0.15, 0.2) is 0 Å². The zero-order valence-corrected chi connectivity index (χ0v) is 6.24. The first kappa shape index (κ1) is 5.96. The summed E-state index contributed by atoms with van der Waals surface area (Å²) in [5.41, 5.74) is 0. The highest BCUT2D eigenvalue weighted by Gasteiger charge is 2.49. The molecule has 54 valence electrons. The molecule has 0 radical (unpaired) electrons. The molecule has 1 heterocycles. The first-order chi connectivity index (χ1) is 4.72. The van der Waals surface area contributed by atoms with E-state index in [1.807, 2.05) is 11.0 Å². The quantitative estimate of drug-likeness (QED) is 0.386. The molecule has 2 rings (SSSR count). The summed E-state index contributed by atoms with van der Waals surface area (Å²) in [5.74, 6) is 0.560. The summed E-state index contributed by atoms with van der Waals surface area (Å²) in [6.45, 7) is 4.11. The van der Waals surface area contributed by atoms with Gasteiger partial charge in [0.25, 0.3) is 0 Å². The maximum Gasteiger partial charge on any atom is 0.232 e. The third-order valence-electron chi connectivity index (χ3n) is 2.30. The highest BCUT2D eigenvalue weighted by molar-refractivity contribution is 5.91. The van der Waals surface area contributed by atoms with E-state index >= 15 is 0 Å². The van der Waals surface area contributed by atoms with Gasteiger partial charge in [-0.3, -0.25) is 4.79 Å². The molecule has 0 bridgehead atoms. The lowest BCUT2D eigenvalue weighted by Crippen LogP contribution is -2.65. The molecule has 2 atom stereocenters. The van der Waals surface area contributed by atoms with E-state index in [1.54, 1.807) is 0 Å². The number of hydrogen-bond donors (Lipinski definition) is 0. The normalized spacial score (nSPS) is 35.5. The summed E-state index contributed by atoms with van der Waals surface area (Å²) in [6, 6.07) is 0.825. The number of amides is 1. The molecule has 1 saturated heterocycles. The summed E-state index contributed by atoms with van der Waals surface area (Å²) >= 11 is 0. The molecule has 1 aliphatic carbocycles. The van der Waals surface area contributed by atoms with E-state index in [9.17, 15) is 4.79 Å². The summed E-state index contributed by atoms with van der Waals surface area (Å²) < 4.78 is 0. The summed E-state index contributed by atoms with van der Waals surface area (Å²) in [5, 5.41) is 0. The van der Waals surface area contributed by atoms with Crippen LogP contribution in [0, 0.1) is 5.92 Å². The van der Waals surface area contributed by atoms with Crippen LogP contribution in [0.1, 0.15) is 13.8 Å². The van der Waals surface area contributed by atoms with Crippen molar-refractivity contribution in [1.29, 1.82) is 0 Å². The Morgan fingerprint density at radius 1 is 1.50 bits per heavy atom. The fourth-order valence-corrected chi connectivity index (χ4v) is 1.65. The van der Waals surface area contributed by atoms with Crippen LogP contribution >= 0.6 is 0 Å². The van der Waals surface area contributed by atoms with Crippen molar-refractivity contribution in [2.45, 2.75) is 25.9 Å². The minimum Gasteiger partial charge on any atom is -0.332 e. The molecule has 0 aromatic heterocycles. The summed E-state index contributed by atoms with van der Waals surface area (Å²) in [6.07, 6.45) is 4.10. The van der Waals surface area contributed by atoms with Gasteiger partial charge in [0.2, 0.25) is 5.91 Å². The first-order valence-electron chi connectivity index (χ1n) is 3.72. The molecule has 1 amide bonds. The number of nitrogens with zero attached hydrogens (tertiary/aromatic N) is 1. The minimum absolute atomic E-state index is 0.252. The van der Waals surface area contributed by atoms with Crippen molar-refractivity contribution in [3.05, 3.63) is 12.2 Å². The molecule has 0 aromatic rings. The predicted octanol–water partition coefficient (Wildman–Crippen LogP) is 0.792. The number of hydrogen-bond acceptors (Lipinski definition) is 1. The highest BCUT2D eigenvalue weighted by Crippen LogP contribution is 2.37. The lowest BCUT2D eigenvalue weighted by molar-refractivity contribution is -0.154. The van der Waals surface area contributed by atoms with E-state index in [2.05, 4.69) is 19.9 Å². The molecule has 10 heavy (non-hydrogen) atoms. The molecule has 2 unspecified atom stereocenters. The topological polar surface area (TPSA) is 20.3 Å². The molecule has 2 nitrogen and oxygen atoms in total. The van der Waals surface area contributed by atoms with Gasteiger partial charge in [-0.25, -0.2) is 0 Å². The lowest BCUT2D eigenvalue weighted by atomic mass is 9.77. The second-order valence-corrected chi connectivity index (χ2v) is 3.24. The largest absolute Gasteiger partial charge is 0.332 e. The molecule has 1 aliphatic heterocycles. The molecular formula is C8H11NO. The third-order valence-corrected chi connectivity index (χ3v) is 2.30. The predicted molar refractivity (Wildman–Crippen MR) is 38.4 cm³/mol. The van der Waals surface area contributed by atoms with Crippen LogP contribution in [0.3, 0.4) is 0 Å². The SMILES string of the molecule is CC(C)N1C(=O)C2C=CC21. The van der Waals surface area contributed by atoms with Crippen molar-refractivity contribution in [2.24, 2.45) is 5.92 Å². The van der Waals surface area contributed by atoms with Gasteiger partial charge in [-0.2, -0.15) is 0 Å². The van der Waals surface area contributed by atoms with E-state index in [0.717, 1.165) is 0 Å². The van der Waals surface area contributed by atoms with E-state index in [4.69, 9.17) is 0 Å². The van der Waals surface area contributed by atoms with Gasteiger partial charge in [0.05, 0.1) is 12.0 Å². The van der Waals surface area contributed by atoms with Gasteiger partial charge in [0, 0.05) is 6.04 Å². The summed E-state index contributed by atoms with van der Waals surface area (Å²) in [4.78, 5) is 13.1. The van der Waals surface area contributed by atoms with Crippen molar-refractivity contribution >= 4 is 5.91 Å². The van der Waals surface area contributed by atoms with Crippen molar-refractivity contribution in [3.8, 4) is 0 Å². The molecule has 2 heteroatoms. The van der Waals surface area contributed by atoms with Crippen LogP contribution in [0.5, 0.6) is 0 Å². The number of carbonyl (C=O) groups excluding carboxylic acids is 1. The van der Waals surface area contributed by atoms with E-state index < -0.39 is 0 Å². The molecule has 2 aliphatic rings. The van der Waals surface area contributed by atoms with Crippen molar-refractivity contribution in [2.75, 3.05) is 0 Å². The van der Waals surface area contributed by atoms with Gasteiger partial charge in [0.1, 0.15) is 0 Å². The smallest absolute Gasteiger partial charge is 0.232 e. The Balaban J connectivity index is 2.14. The Morgan fingerprint density at radius 3 is 2.40 bits per heavy atom. The number of fused-ring (bicyclic) bond motifs is 1. The van der Waals surface area contributed by atoms with Crippen LogP contribution in [0.15, 0.2) is 12.2 Å². The van der Waals surface area contributed by atoms with Crippen molar-refractivity contribution in [3.63, 3.8) is 0 Å². The molecule has 0 aromatic carbocycles. The Morgan fingerprint density at radius 2 is 2.20 bits per heavy atom. The standard InChI is InChI=1S/C8H11NO/c1-5(2)9-7-4-3-6(7)8(9)10/h3-7H,1-2H3. The fraction of sp³-hybridized carbons (Fsp3) is 0.625. The lowest BCUT2D eigenvalue weighted by Gasteiger charge is -2.51. The maximum atomic E-state index is 11.1. The second kappa shape index (κ2) is 1.62. The Hall–Kier alpha value is -0.790. The van der Waals surface area contributed by atoms with E-state index in [0.29, 0.717) is 18.0 Å². The van der Waals surface area contributed by atoms with Crippen molar-refractivity contribution < 1.29 is 4.79 Å². The van der Waals surface area contributed by atoms with Crippen LogP contribution < -0.4 is 0 Å². The second-order valence-electron chi connectivity index (χ2n) is 3.24. The third kappa shape index (κ3) is 0.474. The van der Waals surface area contributed by atoms with E-state index in [-0.39, 0.29) is 5.92 Å². The minimum atomic E-state index is 0.252. The van der Waals surface area contributed by atoms with Gasteiger partial charge in [-0.05, 0) is 13.8 Å². The molecule has 0 N–H and O–H groups in total. The zero-order chi connectivity index (χ0) is 7.30. The number of carbonyl (C=O) groups is 1. The average Bonchev–Trinajstić information content (AvgIpc) is 1.79. The zero-order valence-electron chi connectivity index (χ0n) is 6.24. The average molecular weight is 137 g/mol. The Kier molecular flexibility index (Phi) is 0.967. The van der Waals surface area contributed by atoms with Crippen LogP contribution in [0.2, 0.25) is 0 Å². The molecule has 0 saturated carbocycles.